The molecule has 0 bridgehead atoms. The number of amides is 2. The Morgan fingerprint density at radius 3 is 2.67 bits per heavy atom. The van der Waals surface area contributed by atoms with Crippen molar-refractivity contribution < 1.29 is 9.90 Å². The van der Waals surface area contributed by atoms with E-state index < -0.39 is 11.1 Å². The van der Waals surface area contributed by atoms with E-state index in [1.807, 2.05) is 0 Å². The fraction of sp³-hybridized carbons (Fsp3) is 0.733. The van der Waals surface area contributed by atoms with Crippen molar-refractivity contribution in [2.75, 3.05) is 5.32 Å². The van der Waals surface area contributed by atoms with E-state index in [1.54, 1.807) is 39.0 Å². The number of hydrogen-bond acceptors (Lipinski definition) is 4. The second kappa shape index (κ2) is 5.57. The SMILES string of the molecule is CC1CCc2nc(NC(=O)NC(C)(C)C(C)(C)O)sc2C1. The maximum atomic E-state index is 12.1. The van der Waals surface area contributed by atoms with Gasteiger partial charge in [-0.15, -0.1) is 11.3 Å². The number of nitrogens with zero attached hydrogens (tertiary/aromatic N) is 1. The van der Waals surface area contributed by atoms with Gasteiger partial charge in [-0.2, -0.15) is 0 Å². The largest absolute Gasteiger partial charge is 0.388 e. The van der Waals surface area contributed by atoms with Gasteiger partial charge < -0.3 is 10.4 Å². The number of aromatic nitrogens is 1. The van der Waals surface area contributed by atoms with Crippen molar-refractivity contribution in [2.24, 2.45) is 5.92 Å². The summed E-state index contributed by atoms with van der Waals surface area (Å²) < 4.78 is 0. The molecule has 5 nitrogen and oxygen atoms in total. The second-order valence-electron chi connectivity index (χ2n) is 7.00. The van der Waals surface area contributed by atoms with E-state index in [4.69, 9.17) is 0 Å². The number of aryl methyl sites for hydroxylation is 1. The molecule has 2 amide bonds. The highest BCUT2D eigenvalue weighted by Gasteiger charge is 2.36. The molecule has 1 aliphatic rings. The van der Waals surface area contributed by atoms with Crippen LogP contribution in [0.15, 0.2) is 0 Å². The lowest BCUT2D eigenvalue weighted by Gasteiger charge is -2.37. The predicted molar refractivity (Wildman–Crippen MR) is 85.8 cm³/mol. The third-order valence-electron chi connectivity index (χ3n) is 4.36. The normalized spacial score (nSPS) is 19.0. The Kier molecular flexibility index (Phi) is 4.31. The van der Waals surface area contributed by atoms with Gasteiger partial charge in [0.25, 0.3) is 0 Å². The molecule has 1 heterocycles. The van der Waals surface area contributed by atoms with Crippen LogP contribution in [0.1, 0.15) is 51.6 Å². The van der Waals surface area contributed by atoms with Gasteiger partial charge in [0.1, 0.15) is 0 Å². The van der Waals surface area contributed by atoms with Crippen LogP contribution < -0.4 is 10.6 Å². The van der Waals surface area contributed by atoms with Crippen molar-refractivity contribution in [3.63, 3.8) is 0 Å². The molecule has 118 valence electrons. The molecule has 0 fully saturated rings. The van der Waals surface area contributed by atoms with Crippen LogP contribution in [0.25, 0.3) is 0 Å². The summed E-state index contributed by atoms with van der Waals surface area (Å²) in [6, 6.07) is -0.332. The summed E-state index contributed by atoms with van der Waals surface area (Å²) in [5, 5.41) is 16.3. The Hall–Kier alpha value is -1.14. The van der Waals surface area contributed by atoms with Gasteiger partial charge in [0.15, 0.2) is 5.13 Å². The van der Waals surface area contributed by atoms with Crippen molar-refractivity contribution in [1.29, 1.82) is 0 Å². The van der Waals surface area contributed by atoms with Gasteiger partial charge in [-0.3, -0.25) is 5.32 Å². The molecule has 6 heteroatoms. The van der Waals surface area contributed by atoms with Crippen LogP contribution in [0.4, 0.5) is 9.93 Å². The molecule has 1 unspecified atom stereocenters. The second-order valence-corrected chi connectivity index (χ2v) is 8.08. The van der Waals surface area contributed by atoms with E-state index in [-0.39, 0.29) is 6.03 Å². The minimum atomic E-state index is -1.01. The number of nitrogens with one attached hydrogen (secondary N) is 2. The third-order valence-corrected chi connectivity index (χ3v) is 5.40. The summed E-state index contributed by atoms with van der Waals surface area (Å²) in [7, 11) is 0. The first-order valence-electron chi connectivity index (χ1n) is 7.38. The van der Waals surface area contributed by atoms with Crippen LogP contribution in [0.2, 0.25) is 0 Å². The number of thiazole rings is 1. The first-order chi connectivity index (χ1) is 9.58. The molecule has 0 saturated carbocycles. The molecule has 0 spiro atoms. The minimum absolute atomic E-state index is 0.332. The fourth-order valence-electron chi connectivity index (χ4n) is 2.16. The zero-order valence-corrected chi connectivity index (χ0v) is 14.2. The van der Waals surface area contributed by atoms with E-state index in [0.717, 1.165) is 25.0 Å². The zero-order valence-electron chi connectivity index (χ0n) is 13.4. The number of carbonyl (C=O) groups is 1. The van der Waals surface area contributed by atoms with Crippen LogP contribution >= 0.6 is 11.3 Å². The van der Waals surface area contributed by atoms with Crippen molar-refractivity contribution in [1.82, 2.24) is 10.3 Å². The molecule has 1 atom stereocenters. The minimum Gasteiger partial charge on any atom is -0.388 e. The molecule has 1 aliphatic carbocycles. The molecular formula is C15H25N3O2S. The molecule has 0 aromatic carbocycles. The van der Waals surface area contributed by atoms with Crippen LogP contribution in [0.5, 0.6) is 0 Å². The Morgan fingerprint density at radius 2 is 2.05 bits per heavy atom. The van der Waals surface area contributed by atoms with Gasteiger partial charge in [0.05, 0.1) is 16.8 Å². The smallest absolute Gasteiger partial charge is 0.321 e. The molecule has 0 radical (unpaired) electrons. The fourth-order valence-corrected chi connectivity index (χ4v) is 3.32. The van der Waals surface area contributed by atoms with Crippen molar-refractivity contribution in [2.45, 2.75) is 65.0 Å². The highest BCUT2D eigenvalue weighted by Crippen LogP contribution is 2.32. The highest BCUT2D eigenvalue weighted by atomic mass is 32.1. The van der Waals surface area contributed by atoms with Crippen molar-refractivity contribution in [3.8, 4) is 0 Å². The number of carbonyl (C=O) groups excluding carboxylic acids is 1. The van der Waals surface area contributed by atoms with Gasteiger partial charge in [-0.05, 0) is 52.9 Å². The van der Waals surface area contributed by atoms with Gasteiger partial charge in [-0.25, -0.2) is 9.78 Å². The molecule has 2 rings (SSSR count). The number of anilines is 1. The topological polar surface area (TPSA) is 74.2 Å². The number of aliphatic hydroxyl groups is 1. The lowest BCUT2D eigenvalue weighted by atomic mass is 9.86. The summed E-state index contributed by atoms with van der Waals surface area (Å²) in [5.41, 5.74) is -0.625. The molecular weight excluding hydrogens is 286 g/mol. The molecule has 0 saturated heterocycles. The van der Waals surface area contributed by atoms with Crippen molar-refractivity contribution in [3.05, 3.63) is 10.6 Å². The molecule has 1 aromatic rings. The van der Waals surface area contributed by atoms with Gasteiger partial charge in [0, 0.05) is 4.88 Å². The number of rotatable bonds is 3. The first kappa shape index (κ1) is 16.2. The Bertz CT molecular complexity index is 532. The van der Waals surface area contributed by atoms with Gasteiger partial charge >= 0.3 is 6.03 Å². The average molecular weight is 311 g/mol. The first-order valence-corrected chi connectivity index (χ1v) is 8.20. The van der Waals surface area contributed by atoms with E-state index in [2.05, 4.69) is 22.5 Å². The standard InChI is InChI=1S/C15H25N3O2S/c1-9-6-7-10-11(8-9)21-13(16-10)17-12(19)18-14(2,3)15(4,5)20/h9,20H,6-8H2,1-5H3,(H2,16,17,18,19). The number of urea groups is 1. The Morgan fingerprint density at radius 1 is 1.38 bits per heavy atom. The lowest BCUT2D eigenvalue weighted by molar-refractivity contribution is 0.00184. The summed E-state index contributed by atoms with van der Waals surface area (Å²) in [5.74, 6) is 0.689. The quantitative estimate of drug-likeness (QED) is 0.803. The van der Waals surface area contributed by atoms with Gasteiger partial charge in [0.2, 0.25) is 0 Å². The molecule has 0 aliphatic heterocycles. The molecule has 1 aromatic heterocycles. The van der Waals surface area contributed by atoms with Crippen molar-refractivity contribution >= 4 is 22.5 Å². The maximum Gasteiger partial charge on any atom is 0.321 e. The zero-order chi connectivity index (χ0) is 15.8. The molecule has 21 heavy (non-hydrogen) atoms. The number of fused-ring (bicyclic) bond motifs is 1. The van der Waals surface area contributed by atoms with E-state index in [0.29, 0.717) is 11.0 Å². The Labute approximate surface area is 130 Å². The molecule has 3 N–H and O–H groups in total. The Balaban J connectivity index is 2.01. The maximum absolute atomic E-state index is 12.1. The van der Waals surface area contributed by atoms with E-state index in [1.165, 1.54) is 4.88 Å². The van der Waals surface area contributed by atoms with E-state index in [9.17, 15) is 9.90 Å². The van der Waals surface area contributed by atoms with Gasteiger partial charge in [-0.1, -0.05) is 6.92 Å². The summed E-state index contributed by atoms with van der Waals surface area (Å²) in [6.45, 7) is 9.18. The summed E-state index contributed by atoms with van der Waals surface area (Å²) in [4.78, 5) is 17.9. The average Bonchev–Trinajstić information content (AvgIpc) is 2.67. The highest BCUT2D eigenvalue weighted by molar-refractivity contribution is 7.15. The third kappa shape index (κ3) is 3.74. The number of hydrogen-bond donors (Lipinski definition) is 3. The van der Waals surface area contributed by atoms with Crippen LogP contribution in [0.3, 0.4) is 0 Å². The summed E-state index contributed by atoms with van der Waals surface area (Å²) >= 11 is 1.56. The van der Waals surface area contributed by atoms with E-state index >= 15 is 0 Å². The monoisotopic (exact) mass is 311 g/mol. The van der Waals surface area contributed by atoms with Crippen LogP contribution in [0, 0.1) is 5.92 Å². The predicted octanol–water partition coefficient (Wildman–Crippen LogP) is 2.94. The van der Waals surface area contributed by atoms with Crippen LogP contribution in [-0.4, -0.2) is 27.3 Å². The summed E-state index contributed by atoms with van der Waals surface area (Å²) in [6.07, 6.45) is 3.20. The lowest BCUT2D eigenvalue weighted by Crippen LogP contribution is -2.58. The van der Waals surface area contributed by atoms with Crippen LogP contribution in [-0.2, 0) is 12.8 Å².